The van der Waals surface area contributed by atoms with E-state index < -0.39 is 0 Å². The third-order valence-corrected chi connectivity index (χ3v) is 6.65. The molecule has 0 aromatic carbocycles. The van der Waals surface area contributed by atoms with Crippen molar-refractivity contribution in [1.29, 1.82) is 0 Å². The molecule has 0 spiro atoms. The van der Waals surface area contributed by atoms with Crippen LogP contribution in [-0.2, 0) is 24.2 Å². The van der Waals surface area contributed by atoms with E-state index in [2.05, 4.69) is 43.0 Å². The monoisotopic (exact) mass is 398 g/mol. The average Bonchev–Trinajstić information content (AvgIpc) is 3.05. The van der Waals surface area contributed by atoms with Gasteiger partial charge in [-0.25, -0.2) is 15.0 Å². The fourth-order valence-electron chi connectivity index (χ4n) is 4.05. The lowest BCUT2D eigenvalue weighted by Gasteiger charge is -2.33. The van der Waals surface area contributed by atoms with Gasteiger partial charge in [0.15, 0.2) is 0 Å². The van der Waals surface area contributed by atoms with Crippen molar-refractivity contribution in [3.63, 3.8) is 0 Å². The van der Waals surface area contributed by atoms with E-state index in [1.54, 1.807) is 17.7 Å². The number of fused-ring (bicyclic) bond motifs is 5. The van der Waals surface area contributed by atoms with Gasteiger partial charge < -0.3 is 10.1 Å². The summed E-state index contributed by atoms with van der Waals surface area (Å²) >= 11 is 1.72. The highest BCUT2D eigenvalue weighted by molar-refractivity contribution is 7.26. The summed E-state index contributed by atoms with van der Waals surface area (Å²) in [5, 5.41) is 4.75. The van der Waals surface area contributed by atoms with Crippen molar-refractivity contribution >= 4 is 37.6 Å². The van der Waals surface area contributed by atoms with Gasteiger partial charge in [-0.3, -0.25) is 0 Å². The molecule has 3 aromatic rings. The predicted molar refractivity (Wildman–Crippen MR) is 117 cm³/mol. The van der Waals surface area contributed by atoms with Crippen molar-refractivity contribution in [1.82, 2.24) is 15.0 Å². The minimum Gasteiger partial charge on any atom is -0.370 e. The van der Waals surface area contributed by atoms with Crippen molar-refractivity contribution in [2.75, 3.05) is 11.9 Å². The zero-order valence-electron chi connectivity index (χ0n) is 17.4. The smallest absolute Gasteiger partial charge is 0.147 e. The van der Waals surface area contributed by atoms with Crippen LogP contribution in [0.5, 0.6) is 0 Å². The highest BCUT2D eigenvalue weighted by Gasteiger charge is 2.31. The number of thiophene rings is 1. The van der Waals surface area contributed by atoms with Gasteiger partial charge in [-0.1, -0.05) is 33.1 Å². The second kappa shape index (κ2) is 7.91. The molecule has 0 bridgehead atoms. The number of ether oxygens (including phenoxy) is 1. The number of rotatable bonds is 7. The molecule has 0 radical (unpaired) electrons. The Bertz CT molecular complexity index is 995. The summed E-state index contributed by atoms with van der Waals surface area (Å²) in [5.41, 5.74) is 4.67. The Kier molecular flexibility index (Phi) is 5.52. The topological polar surface area (TPSA) is 59.9 Å². The number of nitrogens with zero attached hydrogens (tertiary/aromatic N) is 3. The first-order valence-electron chi connectivity index (χ1n) is 10.5. The average molecular weight is 399 g/mol. The van der Waals surface area contributed by atoms with Crippen LogP contribution in [0, 0.1) is 0 Å². The van der Waals surface area contributed by atoms with E-state index in [1.807, 2.05) is 0 Å². The van der Waals surface area contributed by atoms with Gasteiger partial charge in [0, 0.05) is 29.6 Å². The maximum atomic E-state index is 6.10. The molecule has 1 aliphatic heterocycles. The highest BCUT2D eigenvalue weighted by atomic mass is 32.1. The molecule has 0 atom stereocenters. The Morgan fingerprint density at radius 1 is 1.14 bits per heavy atom. The lowest BCUT2D eigenvalue weighted by molar-refractivity contribution is -0.0401. The van der Waals surface area contributed by atoms with Gasteiger partial charge in [0.1, 0.15) is 17.0 Å². The number of aromatic nitrogens is 3. The first kappa shape index (κ1) is 19.5. The fourth-order valence-corrected chi connectivity index (χ4v) is 5.19. The van der Waals surface area contributed by atoms with Gasteiger partial charge in [0.05, 0.1) is 22.4 Å². The van der Waals surface area contributed by atoms with Gasteiger partial charge in [-0.05, 0) is 32.3 Å². The van der Waals surface area contributed by atoms with E-state index in [1.165, 1.54) is 42.2 Å². The SMILES string of the molecule is CCCCCCNc1ncnc2c1sc1nc(CC)c3c(c12)CC(C)(C)OC3. The lowest BCUT2D eigenvalue weighted by atomic mass is 9.89. The molecule has 0 saturated heterocycles. The first-order valence-corrected chi connectivity index (χ1v) is 11.3. The maximum Gasteiger partial charge on any atom is 0.147 e. The lowest BCUT2D eigenvalue weighted by Crippen LogP contribution is -2.32. The summed E-state index contributed by atoms with van der Waals surface area (Å²) in [6.07, 6.45) is 8.47. The number of nitrogens with one attached hydrogen (secondary N) is 1. The van der Waals surface area contributed by atoms with Gasteiger partial charge in [0.2, 0.25) is 0 Å². The largest absolute Gasteiger partial charge is 0.370 e. The summed E-state index contributed by atoms with van der Waals surface area (Å²) < 4.78 is 7.22. The van der Waals surface area contributed by atoms with Crippen molar-refractivity contribution in [3.05, 3.63) is 23.1 Å². The van der Waals surface area contributed by atoms with Crippen LogP contribution in [0.3, 0.4) is 0 Å². The summed E-state index contributed by atoms with van der Waals surface area (Å²) in [4.78, 5) is 15.3. The van der Waals surface area contributed by atoms with Crippen LogP contribution >= 0.6 is 11.3 Å². The van der Waals surface area contributed by atoms with Crippen molar-refractivity contribution < 1.29 is 4.74 Å². The van der Waals surface area contributed by atoms with E-state index in [-0.39, 0.29) is 5.60 Å². The van der Waals surface area contributed by atoms with Crippen molar-refractivity contribution in [2.24, 2.45) is 0 Å². The molecule has 1 N–H and O–H groups in total. The van der Waals surface area contributed by atoms with E-state index >= 15 is 0 Å². The molecule has 0 aliphatic carbocycles. The summed E-state index contributed by atoms with van der Waals surface area (Å²) in [5.74, 6) is 0.947. The zero-order valence-corrected chi connectivity index (χ0v) is 18.2. The standard InChI is InChI=1S/C22H30N4OS/c1-5-7-8-9-10-23-20-19-18(24-13-25-20)17-14-11-22(3,4)27-12-15(14)16(6-2)26-21(17)28-19/h13H,5-12H2,1-4H3,(H,23,24,25). The molecule has 6 heteroatoms. The minimum atomic E-state index is -0.159. The van der Waals surface area contributed by atoms with Crippen LogP contribution in [0.1, 0.15) is 70.2 Å². The van der Waals surface area contributed by atoms with Crippen molar-refractivity contribution in [2.45, 2.75) is 78.4 Å². The molecule has 5 nitrogen and oxygen atoms in total. The molecule has 0 unspecified atom stereocenters. The van der Waals surface area contributed by atoms with Crippen LogP contribution < -0.4 is 5.32 Å². The summed E-state index contributed by atoms with van der Waals surface area (Å²) in [7, 11) is 0. The van der Waals surface area contributed by atoms with Gasteiger partial charge in [-0.2, -0.15) is 0 Å². The van der Waals surface area contributed by atoms with E-state index in [0.29, 0.717) is 6.61 Å². The number of aryl methyl sites for hydroxylation is 1. The third kappa shape index (κ3) is 3.60. The molecule has 28 heavy (non-hydrogen) atoms. The second-order valence-corrected chi connectivity index (χ2v) is 9.26. The fraction of sp³-hybridized carbons (Fsp3) is 0.591. The Balaban J connectivity index is 1.79. The molecule has 0 amide bonds. The molecular weight excluding hydrogens is 368 g/mol. The van der Waals surface area contributed by atoms with Crippen LogP contribution in [0.25, 0.3) is 20.4 Å². The third-order valence-electron chi connectivity index (χ3n) is 5.57. The second-order valence-electron chi connectivity index (χ2n) is 8.26. The molecular formula is C22H30N4OS. The van der Waals surface area contributed by atoms with E-state index in [0.717, 1.165) is 45.9 Å². The quantitative estimate of drug-likeness (QED) is 0.522. The van der Waals surface area contributed by atoms with Crippen LogP contribution in [0.15, 0.2) is 6.33 Å². The van der Waals surface area contributed by atoms with Crippen LogP contribution in [0.2, 0.25) is 0 Å². The highest BCUT2D eigenvalue weighted by Crippen LogP contribution is 2.42. The number of pyridine rings is 1. The Morgan fingerprint density at radius 3 is 2.79 bits per heavy atom. The number of anilines is 1. The number of hydrogen-bond acceptors (Lipinski definition) is 6. The first-order chi connectivity index (χ1) is 13.5. The molecule has 4 rings (SSSR count). The number of hydrogen-bond donors (Lipinski definition) is 1. The molecule has 4 heterocycles. The Labute approximate surface area is 170 Å². The zero-order chi connectivity index (χ0) is 19.7. The Morgan fingerprint density at radius 2 is 2.00 bits per heavy atom. The molecule has 0 fully saturated rings. The van der Waals surface area contributed by atoms with Crippen molar-refractivity contribution in [3.8, 4) is 0 Å². The number of unbranched alkanes of at least 4 members (excludes halogenated alkanes) is 3. The summed E-state index contributed by atoms with van der Waals surface area (Å²) in [6.45, 7) is 10.3. The maximum absolute atomic E-state index is 6.10. The molecule has 3 aromatic heterocycles. The predicted octanol–water partition coefficient (Wildman–Crippen LogP) is 5.65. The van der Waals surface area contributed by atoms with Gasteiger partial charge in [0.25, 0.3) is 0 Å². The minimum absolute atomic E-state index is 0.159. The van der Waals surface area contributed by atoms with E-state index in [9.17, 15) is 0 Å². The van der Waals surface area contributed by atoms with Gasteiger partial charge in [-0.15, -0.1) is 11.3 Å². The normalized spacial score (nSPS) is 15.9. The van der Waals surface area contributed by atoms with Crippen LogP contribution in [-0.4, -0.2) is 27.1 Å². The molecule has 0 saturated carbocycles. The van der Waals surface area contributed by atoms with Crippen LogP contribution in [0.4, 0.5) is 5.82 Å². The Hall–Kier alpha value is -1.79. The molecule has 150 valence electrons. The summed E-state index contributed by atoms with van der Waals surface area (Å²) in [6, 6.07) is 0. The van der Waals surface area contributed by atoms with E-state index in [4.69, 9.17) is 9.72 Å². The van der Waals surface area contributed by atoms with Gasteiger partial charge >= 0.3 is 0 Å². The molecule has 1 aliphatic rings.